The van der Waals surface area contributed by atoms with Gasteiger partial charge in [-0.2, -0.15) is 0 Å². The predicted octanol–water partition coefficient (Wildman–Crippen LogP) is 4.35. The number of esters is 1. The van der Waals surface area contributed by atoms with Gasteiger partial charge in [-0.05, 0) is 37.1 Å². The third-order valence-corrected chi connectivity index (χ3v) is 5.09. The van der Waals surface area contributed by atoms with E-state index in [4.69, 9.17) is 11.6 Å². The lowest BCUT2D eigenvalue weighted by atomic mass is 10.1. The first-order chi connectivity index (χ1) is 9.01. The van der Waals surface area contributed by atoms with Gasteiger partial charge in [0.1, 0.15) is 0 Å². The Hall–Kier alpha value is -1.04. The summed E-state index contributed by atoms with van der Waals surface area (Å²) >= 11 is 8.66. The topological polar surface area (TPSA) is 39.2 Å². The maximum Gasteiger partial charge on any atom is 0.351 e. The summed E-state index contributed by atoms with van der Waals surface area (Å²) in [5.41, 5.74) is 2.47. The van der Waals surface area contributed by atoms with Gasteiger partial charge in [0, 0.05) is 4.90 Å². The molecule has 1 aromatic heterocycles. The van der Waals surface area contributed by atoms with Crippen molar-refractivity contribution in [1.29, 1.82) is 0 Å². The summed E-state index contributed by atoms with van der Waals surface area (Å²) in [6.45, 7) is 4.13. The molecule has 0 saturated heterocycles. The zero-order valence-electron chi connectivity index (χ0n) is 10.7. The van der Waals surface area contributed by atoms with Gasteiger partial charge in [0.2, 0.25) is 0 Å². The second-order valence-corrected chi connectivity index (χ2v) is 6.62. The molecule has 100 valence electrons. The van der Waals surface area contributed by atoms with E-state index in [1.165, 1.54) is 41.3 Å². The summed E-state index contributed by atoms with van der Waals surface area (Å²) in [6.07, 6.45) is 0. The molecule has 1 aromatic carbocycles. The quantitative estimate of drug-likeness (QED) is 0.790. The van der Waals surface area contributed by atoms with Crippen molar-refractivity contribution < 1.29 is 9.53 Å². The fraction of sp³-hybridized carbons (Fsp3) is 0.231. The van der Waals surface area contributed by atoms with E-state index >= 15 is 0 Å². The normalized spacial score (nSPS) is 10.5. The van der Waals surface area contributed by atoms with Crippen molar-refractivity contribution in [3.8, 4) is 0 Å². The van der Waals surface area contributed by atoms with E-state index in [0.29, 0.717) is 4.88 Å². The van der Waals surface area contributed by atoms with E-state index in [1.54, 1.807) is 0 Å². The highest BCUT2D eigenvalue weighted by atomic mass is 35.5. The molecule has 0 spiro atoms. The number of hydrogen-bond donors (Lipinski definition) is 0. The van der Waals surface area contributed by atoms with Crippen LogP contribution in [0.15, 0.2) is 27.4 Å². The van der Waals surface area contributed by atoms with Crippen LogP contribution in [-0.4, -0.2) is 18.1 Å². The third kappa shape index (κ3) is 3.29. The van der Waals surface area contributed by atoms with E-state index in [2.05, 4.69) is 35.7 Å². The highest BCUT2D eigenvalue weighted by Crippen LogP contribution is 2.35. The average molecular weight is 314 g/mol. The van der Waals surface area contributed by atoms with Gasteiger partial charge >= 0.3 is 5.97 Å². The maximum atomic E-state index is 11.5. The monoisotopic (exact) mass is 313 g/mol. The standard InChI is InChI=1S/C13H12ClNO2S2/c1-7-4-5-9(6-8(7)2)18-13-15-11(14)10(19-13)12(16)17-3/h4-6H,1-3H3. The fourth-order valence-electron chi connectivity index (χ4n) is 1.42. The zero-order chi connectivity index (χ0) is 14.0. The van der Waals surface area contributed by atoms with E-state index in [1.807, 2.05) is 6.07 Å². The lowest BCUT2D eigenvalue weighted by Crippen LogP contribution is -1.98. The lowest BCUT2D eigenvalue weighted by molar-refractivity contribution is 0.0606. The van der Waals surface area contributed by atoms with Crippen LogP contribution in [-0.2, 0) is 4.74 Å². The maximum absolute atomic E-state index is 11.5. The van der Waals surface area contributed by atoms with Crippen molar-refractivity contribution in [1.82, 2.24) is 4.98 Å². The van der Waals surface area contributed by atoms with E-state index < -0.39 is 5.97 Å². The molecule has 0 radical (unpaired) electrons. The molecule has 0 aliphatic rings. The second kappa shape index (κ2) is 5.94. The number of carbonyl (C=O) groups is 1. The summed E-state index contributed by atoms with van der Waals surface area (Å²) in [4.78, 5) is 17.0. The van der Waals surface area contributed by atoms with Crippen molar-refractivity contribution >= 4 is 40.7 Å². The molecule has 0 amide bonds. The number of methoxy groups -OCH3 is 1. The Morgan fingerprint density at radius 3 is 2.74 bits per heavy atom. The number of aromatic nitrogens is 1. The van der Waals surface area contributed by atoms with Crippen LogP contribution in [0.5, 0.6) is 0 Å². The van der Waals surface area contributed by atoms with Crippen LogP contribution in [0.1, 0.15) is 20.8 Å². The molecular weight excluding hydrogens is 302 g/mol. The van der Waals surface area contributed by atoms with Crippen LogP contribution >= 0.6 is 34.7 Å². The second-order valence-electron chi connectivity index (χ2n) is 3.94. The van der Waals surface area contributed by atoms with Crippen LogP contribution < -0.4 is 0 Å². The summed E-state index contributed by atoms with van der Waals surface area (Å²) in [5.74, 6) is -0.450. The third-order valence-electron chi connectivity index (χ3n) is 2.62. The molecule has 0 bridgehead atoms. The Kier molecular flexibility index (Phi) is 4.50. The predicted molar refractivity (Wildman–Crippen MR) is 78.5 cm³/mol. The molecule has 3 nitrogen and oxygen atoms in total. The highest BCUT2D eigenvalue weighted by Gasteiger charge is 2.17. The molecule has 19 heavy (non-hydrogen) atoms. The number of thiazole rings is 1. The van der Waals surface area contributed by atoms with Crippen molar-refractivity contribution in [2.45, 2.75) is 23.1 Å². The van der Waals surface area contributed by atoms with E-state index in [-0.39, 0.29) is 5.15 Å². The minimum absolute atomic E-state index is 0.197. The Morgan fingerprint density at radius 1 is 1.37 bits per heavy atom. The Labute approximate surface area is 125 Å². The molecule has 0 aliphatic heterocycles. The molecular formula is C13H12ClNO2S2. The van der Waals surface area contributed by atoms with Crippen molar-refractivity contribution in [3.05, 3.63) is 39.4 Å². The largest absolute Gasteiger partial charge is 0.465 e. The number of aryl methyl sites for hydroxylation is 2. The average Bonchev–Trinajstić information content (AvgIpc) is 2.74. The number of hydrogen-bond acceptors (Lipinski definition) is 5. The summed E-state index contributed by atoms with van der Waals surface area (Å²) in [7, 11) is 1.33. The minimum Gasteiger partial charge on any atom is -0.465 e. The molecule has 6 heteroatoms. The van der Waals surface area contributed by atoms with Crippen molar-refractivity contribution in [2.75, 3.05) is 7.11 Å². The molecule has 0 unspecified atom stereocenters. The van der Waals surface area contributed by atoms with Crippen LogP contribution in [0.4, 0.5) is 0 Å². The van der Waals surface area contributed by atoms with Gasteiger partial charge in [-0.3, -0.25) is 0 Å². The first kappa shape index (κ1) is 14.4. The number of halogens is 1. The van der Waals surface area contributed by atoms with Crippen LogP contribution in [0.3, 0.4) is 0 Å². The molecule has 0 fully saturated rings. The van der Waals surface area contributed by atoms with Gasteiger partial charge < -0.3 is 4.74 Å². The fourth-order valence-corrected chi connectivity index (χ4v) is 3.83. The molecule has 0 N–H and O–H groups in total. The molecule has 2 aromatic rings. The van der Waals surface area contributed by atoms with E-state index in [0.717, 1.165) is 9.24 Å². The molecule has 0 atom stereocenters. The van der Waals surface area contributed by atoms with Gasteiger partial charge in [-0.1, -0.05) is 40.8 Å². The van der Waals surface area contributed by atoms with Gasteiger partial charge in [-0.15, -0.1) is 0 Å². The van der Waals surface area contributed by atoms with Gasteiger partial charge in [0.25, 0.3) is 0 Å². The Balaban J connectivity index is 2.24. The molecule has 0 saturated carbocycles. The van der Waals surface area contributed by atoms with Crippen molar-refractivity contribution in [3.63, 3.8) is 0 Å². The summed E-state index contributed by atoms with van der Waals surface area (Å²) in [5, 5.41) is 0.197. The number of ether oxygens (including phenoxy) is 1. The minimum atomic E-state index is -0.450. The number of nitrogens with zero attached hydrogens (tertiary/aromatic N) is 1. The number of carbonyl (C=O) groups excluding carboxylic acids is 1. The first-order valence-corrected chi connectivity index (χ1v) is 7.52. The Bertz CT molecular complexity index is 625. The van der Waals surface area contributed by atoms with Crippen LogP contribution in [0.2, 0.25) is 5.15 Å². The van der Waals surface area contributed by atoms with Gasteiger partial charge in [-0.25, -0.2) is 9.78 Å². The molecule has 2 rings (SSSR count). The highest BCUT2D eigenvalue weighted by molar-refractivity contribution is 8.01. The van der Waals surface area contributed by atoms with Crippen molar-refractivity contribution in [2.24, 2.45) is 0 Å². The van der Waals surface area contributed by atoms with Crippen LogP contribution in [0, 0.1) is 13.8 Å². The Morgan fingerprint density at radius 2 is 2.11 bits per heavy atom. The van der Waals surface area contributed by atoms with Gasteiger partial charge in [0.05, 0.1) is 7.11 Å². The lowest BCUT2D eigenvalue weighted by Gasteiger charge is -2.02. The summed E-state index contributed by atoms with van der Waals surface area (Å²) < 4.78 is 5.38. The zero-order valence-corrected chi connectivity index (χ0v) is 13.1. The molecule has 1 heterocycles. The van der Waals surface area contributed by atoms with Crippen LogP contribution in [0.25, 0.3) is 0 Å². The van der Waals surface area contributed by atoms with Gasteiger partial charge in [0.15, 0.2) is 14.4 Å². The smallest absolute Gasteiger partial charge is 0.351 e. The SMILES string of the molecule is COC(=O)c1sc(Sc2ccc(C)c(C)c2)nc1Cl. The summed E-state index contributed by atoms with van der Waals surface area (Å²) in [6, 6.07) is 6.18. The first-order valence-electron chi connectivity index (χ1n) is 5.51. The van der Waals surface area contributed by atoms with E-state index in [9.17, 15) is 4.79 Å². The number of benzene rings is 1. The molecule has 0 aliphatic carbocycles. The number of rotatable bonds is 3.